The van der Waals surface area contributed by atoms with Gasteiger partial charge in [0, 0.05) is 24.7 Å². The smallest absolute Gasteiger partial charge is 0.229 e. The van der Waals surface area contributed by atoms with Gasteiger partial charge in [-0.3, -0.25) is 4.79 Å². The second-order valence-corrected chi connectivity index (χ2v) is 5.49. The van der Waals surface area contributed by atoms with Gasteiger partial charge in [0.15, 0.2) is 0 Å². The molecule has 1 fully saturated rings. The summed E-state index contributed by atoms with van der Waals surface area (Å²) in [5.74, 6) is 0.407. The van der Waals surface area contributed by atoms with E-state index in [-0.39, 0.29) is 11.8 Å². The minimum atomic E-state index is 0.159. The van der Waals surface area contributed by atoms with Crippen LogP contribution in [-0.2, 0) is 11.2 Å². The van der Waals surface area contributed by atoms with Crippen LogP contribution in [0.2, 0.25) is 0 Å². The molecule has 0 bridgehead atoms. The molecule has 0 aromatic heterocycles. The number of carbonyl (C=O) groups excluding carboxylic acids is 1. The summed E-state index contributed by atoms with van der Waals surface area (Å²) in [7, 11) is 1.88. The average molecular weight is 260 g/mol. The molecule has 0 spiro atoms. The highest BCUT2D eigenvalue weighted by Gasteiger charge is 2.27. The van der Waals surface area contributed by atoms with Gasteiger partial charge in [-0.2, -0.15) is 0 Å². The highest BCUT2D eigenvalue weighted by Crippen LogP contribution is 2.22. The number of hydrogen-bond donors (Lipinski definition) is 1. The van der Waals surface area contributed by atoms with Crippen molar-refractivity contribution in [2.45, 2.75) is 39.2 Å². The Morgan fingerprint density at radius 1 is 1.37 bits per heavy atom. The molecule has 2 unspecified atom stereocenters. The van der Waals surface area contributed by atoms with Crippen molar-refractivity contribution >= 4 is 11.6 Å². The lowest BCUT2D eigenvalue weighted by Crippen LogP contribution is -2.43. The zero-order valence-corrected chi connectivity index (χ0v) is 12.1. The van der Waals surface area contributed by atoms with E-state index in [2.05, 4.69) is 31.3 Å². The third kappa shape index (κ3) is 3.35. The van der Waals surface area contributed by atoms with E-state index >= 15 is 0 Å². The van der Waals surface area contributed by atoms with Crippen molar-refractivity contribution in [1.82, 2.24) is 5.32 Å². The van der Waals surface area contributed by atoms with E-state index in [0.717, 1.165) is 31.5 Å². The summed E-state index contributed by atoms with van der Waals surface area (Å²) in [4.78, 5) is 14.3. The summed E-state index contributed by atoms with van der Waals surface area (Å²) in [5, 5.41) is 3.39. The molecule has 1 aliphatic rings. The highest BCUT2D eigenvalue weighted by atomic mass is 16.2. The number of amides is 1. The molecule has 2 atom stereocenters. The summed E-state index contributed by atoms with van der Waals surface area (Å²) in [5.41, 5.74) is 2.30. The molecule has 104 valence electrons. The Hall–Kier alpha value is -1.35. The first-order valence-corrected chi connectivity index (χ1v) is 7.21. The van der Waals surface area contributed by atoms with E-state index in [1.165, 1.54) is 5.56 Å². The lowest BCUT2D eigenvalue weighted by molar-refractivity contribution is -0.123. The summed E-state index contributed by atoms with van der Waals surface area (Å²) in [6, 6.07) is 8.73. The minimum Gasteiger partial charge on any atom is -0.315 e. The molecule has 2 rings (SSSR count). The van der Waals surface area contributed by atoms with Crippen molar-refractivity contribution in [3.63, 3.8) is 0 Å². The van der Waals surface area contributed by atoms with Crippen molar-refractivity contribution < 1.29 is 4.79 Å². The van der Waals surface area contributed by atoms with Crippen LogP contribution in [0.25, 0.3) is 0 Å². The fourth-order valence-electron chi connectivity index (χ4n) is 2.71. The van der Waals surface area contributed by atoms with E-state index in [0.29, 0.717) is 6.04 Å². The average Bonchev–Trinajstić information content (AvgIpc) is 2.46. The highest BCUT2D eigenvalue weighted by molar-refractivity contribution is 5.94. The Bertz CT molecular complexity index is 427. The molecule has 1 N–H and O–H groups in total. The number of rotatable bonds is 3. The van der Waals surface area contributed by atoms with Crippen molar-refractivity contribution in [3.05, 3.63) is 29.8 Å². The van der Waals surface area contributed by atoms with E-state index < -0.39 is 0 Å². The lowest BCUT2D eigenvalue weighted by Gasteiger charge is -2.30. The molecule has 0 radical (unpaired) electrons. The molecule has 1 aliphatic heterocycles. The first kappa shape index (κ1) is 14.1. The number of benzene rings is 1. The molecule has 3 heteroatoms. The third-order valence-corrected chi connectivity index (χ3v) is 4.04. The summed E-state index contributed by atoms with van der Waals surface area (Å²) < 4.78 is 0. The van der Waals surface area contributed by atoms with E-state index in [9.17, 15) is 4.79 Å². The van der Waals surface area contributed by atoms with Gasteiger partial charge in [0.25, 0.3) is 0 Å². The van der Waals surface area contributed by atoms with Gasteiger partial charge in [-0.1, -0.05) is 19.1 Å². The Kier molecular flexibility index (Phi) is 4.59. The molecule has 0 aliphatic carbocycles. The van der Waals surface area contributed by atoms with Crippen molar-refractivity contribution in [2.75, 3.05) is 18.5 Å². The van der Waals surface area contributed by atoms with Crippen LogP contribution in [0.4, 0.5) is 5.69 Å². The third-order valence-electron chi connectivity index (χ3n) is 4.04. The van der Waals surface area contributed by atoms with Crippen molar-refractivity contribution in [3.8, 4) is 0 Å². The largest absolute Gasteiger partial charge is 0.315 e. The van der Waals surface area contributed by atoms with E-state index in [1.807, 2.05) is 24.1 Å². The fourth-order valence-corrected chi connectivity index (χ4v) is 2.71. The number of nitrogens with one attached hydrogen (secondary N) is 1. The molecular weight excluding hydrogens is 236 g/mol. The molecule has 3 nitrogen and oxygen atoms in total. The molecule has 1 aromatic rings. The zero-order valence-electron chi connectivity index (χ0n) is 12.1. The molecule has 1 saturated heterocycles. The topological polar surface area (TPSA) is 32.3 Å². The molecular formula is C16H24N2O. The van der Waals surface area contributed by atoms with Crippen LogP contribution in [0.15, 0.2) is 24.3 Å². The van der Waals surface area contributed by atoms with Crippen LogP contribution < -0.4 is 10.2 Å². The number of anilines is 1. The van der Waals surface area contributed by atoms with Crippen LogP contribution in [-0.4, -0.2) is 25.5 Å². The molecule has 0 saturated carbocycles. The first-order chi connectivity index (χ1) is 9.11. The SMILES string of the molecule is CCc1ccc(N(C)C(=O)C2CCNC(C)C2)cc1. The quantitative estimate of drug-likeness (QED) is 0.906. The van der Waals surface area contributed by atoms with Crippen LogP contribution in [0.3, 0.4) is 0 Å². The van der Waals surface area contributed by atoms with Gasteiger partial charge in [-0.15, -0.1) is 0 Å². The van der Waals surface area contributed by atoms with Crippen LogP contribution in [0.5, 0.6) is 0 Å². The molecule has 19 heavy (non-hydrogen) atoms. The first-order valence-electron chi connectivity index (χ1n) is 7.21. The van der Waals surface area contributed by atoms with Crippen LogP contribution >= 0.6 is 0 Å². The predicted octanol–water partition coefficient (Wildman–Crippen LogP) is 2.60. The van der Waals surface area contributed by atoms with Crippen molar-refractivity contribution in [2.24, 2.45) is 5.92 Å². The molecule has 1 heterocycles. The van der Waals surface area contributed by atoms with Crippen LogP contribution in [0.1, 0.15) is 32.3 Å². The second kappa shape index (κ2) is 6.20. The minimum absolute atomic E-state index is 0.159. The van der Waals surface area contributed by atoms with Crippen LogP contribution in [0, 0.1) is 5.92 Å². The maximum atomic E-state index is 12.5. The maximum Gasteiger partial charge on any atom is 0.229 e. The van der Waals surface area contributed by atoms with Gasteiger partial charge in [-0.25, -0.2) is 0 Å². The number of aryl methyl sites for hydroxylation is 1. The van der Waals surface area contributed by atoms with Gasteiger partial charge in [0.1, 0.15) is 0 Å². The van der Waals surface area contributed by atoms with Gasteiger partial charge in [0.05, 0.1) is 0 Å². The number of carbonyl (C=O) groups is 1. The van der Waals surface area contributed by atoms with E-state index in [1.54, 1.807) is 0 Å². The van der Waals surface area contributed by atoms with E-state index in [4.69, 9.17) is 0 Å². The summed E-state index contributed by atoms with van der Waals surface area (Å²) >= 11 is 0. The zero-order chi connectivity index (χ0) is 13.8. The number of hydrogen-bond acceptors (Lipinski definition) is 2. The predicted molar refractivity (Wildman–Crippen MR) is 79.4 cm³/mol. The van der Waals surface area contributed by atoms with Gasteiger partial charge < -0.3 is 10.2 Å². The fraction of sp³-hybridized carbons (Fsp3) is 0.562. The van der Waals surface area contributed by atoms with Gasteiger partial charge in [-0.05, 0) is 50.4 Å². The molecule has 1 aromatic carbocycles. The van der Waals surface area contributed by atoms with Gasteiger partial charge in [0.2, 0.25) is 5.91 Å². The Balaban J connectivity index is 2.05. The number of nitrogens with zero attached hydrogens (tertiary/aromatic N) is 1. The second-order valence-electron chi connectivity index (χ2n) is 5.49. The normalized spacial score (nSPS) is 23.1. The summed E-state index contributed by atoms with van der Waals surface area (Å²) in [6.45, 7) is 5.23. The van der Waals surface area contributed by atoms with Crippen molar-refractivity contribution in [1.29, 1.82) is 0 Å². The Morgan fingerprint density at radius 2 is 2.05 bits per heavy atom. The molecule has 1 amide bonds. The lowest BCUT2D eigenvalue weighted by atomic mass is 9.92. The number of piperidine rings is 1. The maximum absolute atomic E-state index is 12.5. The Labute approximate surface area is 116 Å². The monoisotopic (exact) mass is 260 g/mol. The standard InChI is InChI=1S/C16H24N2O/c1-4-13-5-7-15(8-6-13)18(3)16(19)14-9-10-17-12(2)11-14/h5-8,12,14,17H,4,9-11H2,1-3H3. The van der Waals surface area contributed by atoms with Gasteiger partial charge >= 0.3 is 0 Å². The Morgan fingerprint density at radius 3 is 2.63 bits per heavy atom. The summed E-state index contributed by atoms with van der Waals surface area (Å²) in [6.07, 6.45) is 2.92.